The zero-order valence-corrected chi connectivity index (χ0v) is 25.2. The van der Waals surface area contributed by atoms with Crippen molar-refractivity contribution in [3.05, 3.63) is 101 Å². The van der Waals surface area contributed by atoms with Gasteiger partial charge in [-0.3, -0.25) is 19.7 Å². The largest absolute Gasteiger partial charge is 0.298 e. The van der Waals surface area contributed by atoms with Gasteiger partial charge < -0.3 is 0 Å². The maximum absolute atomic E-state index is 5.12. The normalized spacial score (nSPS) is 16.1. The highest BCUT2D eigenvalue weighted by atomic mass is 16.6. The molecule has 8 rings (SSSR count). The number of fused-ring (bicyclic) bond motifs is 5. The van der Waals surface area contributed by atoms with Crippen molar-refractivity contribution < 1.29 is 13.9 Å². The second-order valence-electron chi connectivity index (χ2n) is 11.9. The highest BCUT2D eigenvalue weighted by molar-refractivity contribution is 5.74. The van der Waals surface area contributed by atoms with E-state index in [-0.39, 0.29) is 0 Å². The van der Waals surface area contributed by atoms with Gasteiger partial charge in [0.05, 0.1) is 11.4 Å². The van der Waals surface area contributed by atoms with Crippen LogP contribution in [0.5, 0.6) is 0 Å². The van der Waals surface area contributed by atoms with Gasteiger partial charge >= 0.3 is 0 Å². The molecular formula is C33H32N10O3. The fourth-order valence-electron chi connectivity index (χ4n) is 6.22. The van der Waals surface area contributed by atoms with Gasteiger partial charge in [0, 0.05) is 52.4 Å². The van der Waals surface area contributed by atoms with E-state index in [9.17, 15) is 0 Å². The Labute approximate surface area is 263 Å². The number of benzene rings is 3. The molecule has 0 saturated heterocycles. The van der Waals surface area contributed by atoms with Gasteiger partial charge in [0.15, 0.2) is 0 Å². The average molecular weight is 617 g/mol. The predicted octanol–water partition coefficient (Wildman–Crippen LogP) is 4.60. The van der Waals surface area contributed by atoms with Crippen molar-refractivity contribution in [1.29, 1.82) is 0 Å². The molecule has 0 spiro atoms. The summed E-state index contributed by atoms with van der Waals surface area (Å²) in [7, 11) is 0. The first-order valence-corrected chi connectivity index (χ1v) is 15.5. The maximum Gasteiger partial charge on any atom is 0.135 e. The van der Waals surface area contributed by atoms with E-state index < -0.39 is 0 Å². The summed E-state index contributed by atoms with van der Waals surface area (Å²) in [5, 5.41) is 24.1. The van der Waals surface area contributed by atoms with Crippen molar-refractivity contribution in [2.75, 3.05) is 26.2 Å². The molecule has 4 aromatic heterocycles. The van der Waals surface area contributed by atoms with Crippen LogP contribution in [0.15, 0.2) is 86.7 Å². The zero-order valence-electron chi connectivity index (χ0n) is 25.2. The lowest BCUT2D eigenvalue weighted by Crippen LogP contribution is -2.36. The zero-order chi connectivity index (χ0) is 30.7. The molecule has 1 aliphatic rings. The first-order chi connectivity index (χ1) is 22.7. The molecule has 0 aliphatic carbocycles. The molecule has 0 amide bonds. The molecule has 0 fully saturated rings. The molecule has 0 unspecified atom stereocenters. The smallest absolute Gasteiger partial charge is 0.135 e. The fourth-order valence-corrected chi connectivity index (χ4v) is 6.22. The van der Waals surface area contributed by atoms with Crippen molar-refractivity contribution in [3.63, 3.8) is 0 Å². The SMILES string of the molecule is c1cc2nc(c1)CN(Cc1ccc3nonc3c1)CCN(Cc1ccc3nonc3c1)CCCN(Cc1ccc3nonc3c1)C2. The maximum atomic E-state index is 5.12. The Kier molecular flexibility index (Phi) is 7.84. The quantitative estimate of drug-likeness (QED) is 0.257. The van der Waals surface area contributed by atoms with E-state index in [0.29, 0.717) is 0 Å². The van der Waals surface area contributed by atoms with Gasteiger partial charge in [0.1, 0.15) is 33.1 Å². The van der Waals surface area contributed by atoms with Gasteiger partial charge in [0.25, 0.3) is 0 Å². The van der Waals surface area contributed by atoms with E-state index in [1.807, 2.05) is 18.2 Å². The lowest BCUT2D eigenvalue weighted by Gasteiger charge is -2.28. The standard InChI is InChI=1S/C33H32N10O3/c1-3-26-21-42(19-24-6-9-29-32(16-24)39-45-36-29)12-2-11-41(18-23-5-8-28-31(15-23)38-44-35-28)13-14-43(22-27(4-1)34-26)20-25-7-10-30-33(17-25)40-46-37-30/h1,3-10,15-17H,2,11-14,18-22H2. The fraction of sp³-hybridized carbons (Fsp3) is 0.303. The molecule has 0 atom stereocenters. The van der Waals surface area contributed by atoms with E-state index >= 15 is 0 Å². The number of pyridine rings is 1. The number of aromatic nitrogens is 7. The van der Waals surface area contributed by atoms with E-state index in [0.717, 1.165) is 115 Å². The van der Waals surface area contributed by atoms with Crippen LogP contribution in [-0.2, 0) is 32.7 Å². The highest BCUT2D eigenvalue weighted by Gasteiger charge is 2.17. The third kappa shape index (κ3) is 6.47. The van der Waals surface area contributed by atoms with E-state index in [1.54, 1.807) is 0 Å². The van der Waals surface area contributed by atoms with Gasteiger partial charge in [-0.1, -0.05) is 24.3 Å². The van der Waals surface area contributed by atoms with Crippen LogP contribution in [0.25, 0.3) is 33.1 Å². The number of rotatable bonds is 6. The summed E-state index contributed by atoms with van der Waals surface area (Å²) in [6.07, 6.45) is 0.997. The Balaban J connectivity index is 1.07. The second-order valence-corrected chi connectivity index (χ2v) is 11.9. The van der Waals surface area contributed by atoms with Crippen LogP contribution < -0.4 is 0 Å². The lowest BCUT2D eigenvalue weighted by atomic mass is 10.1. The van der Waals surface area contributed by atoms with Crippen LogP contribution in [-0.4, -0.2) is 76.8 Å². The Hall–Kier alpha value is -5.11. The van der Waals surface area contributed by atoms with Crippen LogP contribution in [0, 0.1) is 0 Å². The minimum atomic E-state index is 0.725. The van der Waals surface area contributed by atoms with Gasteiger partial charge in [-0.05, 0) is 109 Å². The summed E-state index contributed by atoms with van der Waals surface area (Å²) < 4.78 is 14.8. The molecule has 13 nitrogen and oxygen atoms in total. The Morgan fingerprint density at radius 3 is 1.39 bits per heavy atom. The first kappa shape index (κ1) is 28.4. The molecule has 7 aromatic rings. The Morgan fingerprint density at radius 2 is 0.870 bits per heavy atom. The van der Waals surface area contributed by atoms with Crippen molar-refractivity contribution in [3.8, 4) is 0 Å². The Morgan fingerprint density at radius 1 is 0.457 bits per heavy atom. The summed E-state index contributed by atoms with van der Waals surface area (Å²) >= 11 is 0. The monoisotopic (exact) mass is 616 g/mol. The van der Waals surface area contributed by atoms with Gasteiger partial charge in [-0.2, -0.15) is 0 Å². The number of nitrogens with zero attached hydrogens (tertiary/aromatic N) is 10. The third-order valence-electron chi connectivity index (χ3n) is 8.49. The molecule has 13 heteroatoms. The van der Waals surface area contributed by atoms with Crippen molar-refractivity contribution in [1.82, 2.24) is 50.6 Å². The highest BCUT2D eigenvalue weighted by Crippen LogP contribution is 2.19. The number of hydrogen-bond acceptors (Lipinski definition) is 13. The molecule has 5 heterocycles. The van der Waals surface area contributed by atoms with Gasteiger partial charge in [-0.15, -0.1) is 0 Å². The minimum absolute atomic E-state index is 0.725. The van der Waals surface area contributed by atoms with E-state index in [2.05, 4.69) is 100 Å². The van der Waals surface area contributed by atoms with Crippen LogP contribution >= 0.6 is 0 Å². The molecule has 232 valence electrons. The molecule has 0 radical (unpaired) electrons. The van der Waals surface area contributed by atoms with Crippen LogP contribution in [0.1, 0.15) is 34.5 Å². The predicted molar refractivity (Wildman–Crippen MR) is 168 cm³/mol. The second kappa shape index (κ2) is 12.7. The third-order valence-corrected chi connectivity index (χ3v) is 8.49. The summed E-state index contributed by atoms with van der Waals surface area (Å²) in [6.45, 7) is 7.41. The molecule has 46 heavy (non-hydrogen) atoms. The molecule has 1 aliphatic heterocycles. The van der Waals surface area contributed by atoms with Crippen LogP contribution in [0.3, 0.4) is 0 Å². The molecule has 0 saturated carbocycles. The summed E-state index contributed by atoms with van der Waals surface area (Å²) in [6, 6.07) is 24.8. The summed E-state index contributed by atoms with van der Waals surface area (Å²) in [4.78, 5) is 12.6. The minimum Gasteiger partial charge on any atom is -0.298 e. The van der Waals surface area contributed by atoms with Gasteiger partial charge in [-0.25, -0.2) is 13.9 Å². The molecule has 0 N–H and O–H groups in total. The first-order valence-electron chi connectivity index (χ1n) is 15.5. The van der Waals surface area contributed by atoms with E-state index in [4.69, 9.17) is 18.9 Å². The van der Waals surface area contributed by atoms with Crippen LogP contribution in [0.4, 0.5) is 0 Å². The molecular weight excluding hydrogens is 584 g/mol. The Bertz CT molecular complexity index is 2090. The summed E-state index contributed by atoms with van der Waals surface area (Å²) in [5.74, 6) is 0. The molecule has 2 bridgehead atoms. The number of hydrogen-bond donors (Lipinski definition) is 0. The molecule has 3 aromatic carbocycles. The topological polar surface area (TPSA) is 139 Å². The van der Waals surface area contributed by atoms with Crippen molar-refractivity contribution in [2.45, 2.75) is 39.1 Å². The van der Waals surface area contributed by atoms with Gasteiger partial charge in [0.2, 0.25) is 0 Å². The summed E-state index contributed by atoms with van der Waals surface area (Å²) in [5.41, 5.74) is 10.2. The van der Waals surface area contributed by atoms with Crippen LogP contribution in [0.2, 0.25) is 0 Å². The van der Waals surface area contributed by atoms with E-state index in [1.165, 1.54) is 11.1 Å². The lowest BCUT2D eigenvalue weighted by molar-refractivity contribution is 0.176. The van der Waals surface area contributed by atoms with Crippen molar-refractivity contribution in [2.24, 2.45) is 0 Å². The van der Waals surface area contributed by atoms with Crippen molar-refractivity contribution >= 4 is 33.1 Å². The average Bonchev–Trinajstić information content (AvgIpc) is 3.84.